The summed E-state index contributed by atoms with van der Waals surface area (Å²) in [6.45, 7) is 5.01. The van der Waals surface area contributed by atoms with Crippen LogP contribution in [0, 0.1) is 5.82 Å². The van der Waals surface area contributed by atoms with Crippen LogP contribution >= 0.6 is 50.7 Å². The van der Waals surface area contributed by atoms with Crippen molar-refractivity contribution in [1.29, 1.82) is 0 Å². The van der Waals surface area contributed by atoms with Crippen molar-refractivity contribution in [3.8, 4) is 11.3 Å². The van der Waals surface area contributed by atoms with Crippen molar-refractivity contribution in [2.45, 2.75) is 39.5 Å². The molecule has 2 aromatic carbocycles. The number of nitrogens with one attached hydrogen (secondary N) is 1. The number of carbonyl (C=O) groups excluding carboxylic acids is 2. The molecule has 206 valence electrons. The molecular formula is C24H21BrCl3F4N3O3. The van der Waals surface area contributed by atoms with Gasteiger partial charge in [-0.1, -0.05) is 41.7 Å². The SMILES string of the molecule is CC(C)OC(=O)c1cc(-c2nn(C)c(C(F)(F)F)c2Br)c(F)cc1Cl.CCC(=O)Nc1ccc(Cl)c(Cl)c1. The van der Waals surface area contributed by atoms with E-state index in [1.807, 2.05) is 0 Å². The molecule has 3 aromatic rings. The summed E-state index contributed by atoms with van der Waals surface area (Å²) in [6, 6.07) is 6.84. The lowest BCUT2D eigenvalue weighted by molar-refractivity contribution is -0.144. The lowest BCUT2D eigenvalue weighted by Gasteiger charge is -2.11. The summed E-state index contributed by atoms with van der Waals surface area (Å²) in [5, 5.41) is 7.10. The number of rotatable bonds is 5. The molecule has 1 amide bonds. The van der Waals surface area contributed by atoms with Crippen molar-refractivity contribution in [3.63, 3.8) is 0 Å². The van der Waals surface area contributed by atoms with Crippen LogP contribution in [-0.2, 0) is 22.8 Å². The summed E-state index contributed by atoms with van der Waals surface area (Å²) in [5.41, 5.74) is -1.19. The third-order valence-electron chi connectivity index (χ3n) is 4.66. The van der Waals surface area contributed by atoms with Gasteiger partial charge in [-0.05, 0) is 60.1 Å². The Balaban J connectivity index is 0.000000328. The van der Waals surface area contributed by atoms with Crippen LogP contribution in [0.1, 0.15) is 43.2 Å². The lowest BCUT2D eigenvalue weighted by Crippen LogP contribution is -2.12. The Morgan fingerprint density at radius 2 is 1.74 bits per heavy atom. The van der Waals surface area contributed by atoms with Gasteiger partial charge >= 0.3 is 12.1 Å². The first-order chi connectivity index (χ1) is 17.6. The smallest absolute Gasteiger partial charge is 0.434 e. The van der Waals surface area contributed by atoms with Gasteiger partial charge in [0.15, 0.2) is 5.69 Å². The molecule has 0 saturated heterocycles. The molecule has 0 aliphatic carbocycles. The van der Waals surface area contributed by atoms with Crippen LogP contribution in [0.3, 0.4) is 0 Å². The zero-order valence-electron chi connectivity index (χ0n) is 20.3. The minimum atomic E-state index is -4.69. The number of ether oxygens (including phenoxy) is 1. The van der Waals surface area contributed by atoms with E-state index < -0.39 is 34.2 Å². The van der Waals surface area contributed by atoms with Crippen molar-refractivity contribution in [2.75, 3.05) is 5.32 Å². The molecule has 0 spiro atoms. The molecular weight excluding hydrogens is 641 g/mol. The minimum Gasteiger partial charge on any atom is -0.459 e. The number of aryl methyl sites for hydroxylation is 1. The molecule has 1 N–H and O–H groups in total. The molecule has 14 heteroatoms. The number of alkyl halides is 3. The van der Waals surface area contributed by atoms with Gasteiger partial charge in [0, 0.05) is 24.7 Å². The Bertz CT molecular complexity index is 1350. The quantitative estimate of drug-likeness (QED) is 0.220. The third kappa shape index (κ3) is 8.08. The second-order valence-electron chi connectivity index (χ2n) is 7.93. The van der Waals surface area contributed by atoms with E-state index in [2.05, 4.69) is 26.3 Å². The summed E-state index contributed by atoms with van der Waals surface area (Å²) < 4.78 is 58.6. The zero-order chi connectivity index (χ0) is 28.9. The number of benzene rings is 2. The Hall–Kier alpha value is -2.34. The third-order valence-corrected chi connectivity index (χ3v) is 6.46. The maximum Gasteiger partial charge on any atom is 0.434 e. The molecule has 0 atom stereocenters. The summed E-state index contributed by atoms with van der Waals surface area (Å²) in [4.78, 5) is 23.0. The normalized spacial score (nSPS) is 11.2. The highest BCUT2D eigenvalue weighted by Crippen LogP contribution is 2.41. The van der Waals surface area contributed by atoms with Gasteiger partial charge in [-0.15, -0.1) is 0 Å². The van der Waals surface area contributed by atoms with Crippen molar-refractivity contribution in [3.05, 3.63) is 66.9 Å². The molecule has 1 aromatic heterocycles. The van der Waals surface area contributed by atoms with Gasteiger partial charge < -0.3 is 10.1 Å². The number of aromatic nitrogens is 2. The largest absolute Gasteiger partial charge is 0.459 e. The fraction of sp³-hybridized carbons (Fsp3) is 0.292. The molecule has 0 fully saturated rings. The Morgan fingerprint density at radius 3 is 2.24 bits per heavy atom. The van der Waals surface area contributed by atoms with Crippen molar-refractivity contribution in [1.82, 2.24) is 9.78 Å². The van der Waals surface area contributed by atoms with E-state index in [9.17, 15) is 27.2 Å². The van der Waals surface area contributed by atoms with Crippen LogP contribution < -0.4 is 5.32 Å². The van der Waals surface area contributed by atoms with E-state index in [-0.39, 0.29) is 27.8 Å². The molecule has 0 aliphatic rings. The van der Waals surface area contributed by atoms with Crippen LogP contribution in [0.5, 0.6) is 0 Å². The van der Waals surface area contributed by atoms with E-state index in [1.165, 1.54) is 0 Å². The van der Waals surface area contributed by atoms with Crippen LogP contribution in [0.2, 0.25) is 15.1 Å². The molecule has 0 saturated carbocycles. The molecule has 0 bridgehead atoms. The second kappa shape index (κ2) is 13.1. The molecule has 0 radical (unpaired) electrons. The summed E-state index contributed by atoms with van der Waals surface area (Å²) in [7, 11) is 1.08. The number of esters is 1. The van der Waals surface area contributed by atoms with E-state index >= 15 is 0 Å². The summed E-state index contributed by atoms with van der Waals surface area (Å²) >= 11 is 20.1. The highest BCUT2D eigenvalue weighted by Gasteiger charge is 2.39. The lowest BCUT2D eigenvalue weighted by atomic mass is 10.1. The predicted octanol–water partition coefficient (Wildman–Crippen LogP) is 8.57. The van der Waals surface area contributed by atoms with E-state index in [4.69, 9.17) is 39.5 Å². The van der Waals surface area contributed by atoms with Gasteiger partial charge in [0.05, 0.1) is 31.2 Å². The number of hydrogen-bond acceptors (Lipinski definition) is 4. The van der Waals surface area contributed by atoms with Crippen molar-refractivity contribution in [2.24, 2.45) is 7.05 Å². The van der Waals surface area contributed by atoms with Gasteiger partial charge in [0.1, 0.15) is 11.5 Å². The Labute approximate surface area is 239 Å². The van der Waals surface area contributed by atoms with Crippen LogP contribution in [0.4, 0.5) is 23.2 Å². The Morgan fingerprint density at radius 1 is 1.11 bits per heavy atom. The first-order valence-corrected chi connectivity index (χ1v) is 12.7. The van der Waals surface area contributed by atoms with E-state index in [1.54, 1.807) is 39.0 Å². The van der Waals surface area contributed by atoms with Gasteiger partial charge in [-0.2, -0.15) is 18.3 Å². The van der Waals surface area contributed by atoms with Gasteiger partial charge in [-0.3, -0.25) is 9.48 Å². The van der Waals surface area contributed by atoms with Crippen molar-refractivity contribution < 1.29 is 31.9 Å². The van der Waals surface area contributed by atoms with Crippen LogP contribution in [0.25, 0.3) is 11.3 Å². The highest BCUT2D eigenvalue weighted by atomic mass is 79.9. The number of amides is 1. The summed E-state index contributed by atoms with van der Waals surface area (Å²) in [6.07, 6.45) is -4.70. The number of halogens is 8. The highest BCUT2D eigenvalue weighted by molar-refractivity contribution is 9.10. The van der Waals surface area contributed by atoms with Gasteiger partial charge in [0.25, 0.3) is 0 Å². The van der Waals surface area contributed by atoms with Crippen LogP contribution in [0.15, 0.2) is 34.8 Å². The number of hydrogen-bond donors (Lipinski definition) is 1. The Kier molecular flexibility index (Phi) is 11.0. The molecule has 6 nitrogen and oxygen atoms in total. The second-order valence-corrected chi connectivity index (χ2v) is 9.94. The average molecular weight is 662 g/mol. The number of carbonyl (C=O) groups is 2. The first-order valence-electron chi connectivity index (χ1n) is 10.8. The topological polar surface area (TPSA) is 73.2 Å². The van der Waals surface area contributed by atoms with E-state index in [0.29, 0.717) is 26.8 Å². The van der Waals surface area contributed by atoms with E-state index in [0.717, 1.165) is 19.2 Å². The maximum atomic E-state index is 14.3. The average Bonchev–Trinajstić information content (AvgIpc) is 3.10. The van der Waals surface area contributed by atoms with Crippen molar-refractivity contribution >= 4 is 68.3 Å². The number of anilines is 1. The molecule has 38 heavy (non-hydrogen) atoms. The molecule has 3 rings (SSSR count). The fourth-order valence-corrected chi connectivity index (χ4v) is 4.27. The van der Waals surface area contributed by atoms with Gasteiger partial charge in [-0.25, -0.2) is 9.18 Å². The van der Waals surface area contributed by atoms with Crippen LogP contribution in [-0.4, -0.2) is 27.8 Å². The molecule has 0 unspecified atom stereocenters. The van der Waals surface area contributed by atoms with Gasteiger partial charge in [0.2, 0.25) is 5.91 Å². The standard InChI is InChI=1S/C15H12BrClF4N2O2.C9H9Cl2NO/c1-6(2)25-14(24)7-4-8(10(18)5-9(7)17)12-11(16)13(15(19,20)21)23(3)22-12;1-2-9(13)12-6-3-4-7(10)8(11)5-6/h4-6H,1-3H3;3-5H,2H2,1H3,(H,12,13). The molecule has 1 heterocycles. The minimum absolute atomic E-state index is 0.0432. The predicted molar refractivity (Wildman–Crippen MR) is 142 cm³/mol. The fourth-order valence-electron chi connectivity index (χ4n) is 2.97. The maximum absolute atomic E-state index is 14.3. The monoisotopic (exact) mass is 659 g/mol. The zero-order valence-corrected chi connectivity index (χ0v) is 24.2. The summed E-state index contributed by atoms with van der Waals surface area (Å²) in [5.74, 6) is -1.78. The number of nitrogens with zero attached hydrogens (tertiary/aromatic N) is 2. The first kappa shape index (κ1) is 31.9. The molecule has 0 aliphatic heterocycles.